The molecule has 2 aromatic rings. The molecule has 1 N–H and O–H groups in total. The largest absolute Gasteiger partial charge is 0.413 e. The highest BCUT2D eigenvalue weighted by Gasteiger charge is 2.51. The third kappa shape index (κ3) is 5.55. The van der Waals surface area contributed by atoms with E-state index in [-0.39, 0.29) is 44.1 Å². The van der Waals surface area contributed by atoms with Crippen molar-refractivity contribution in [2.24, 2.45) is 11.8 Å². The number of halogens is 4. The Balaban J connectivity index is 1.54. The third-order valence-corrected chi connectivity index (χ3v) is 15.5. The molecule has 11 heteroatoms. The first kappa shape index (κ1) is 29.1. The highest BCUT2D eigenvalue weighted by atomic mass is 35.5. The topological polar surface area (TPSA) is 72.5 Å². The molecule has 1 unspecified atom stereocenters. The molecule has 0 radical (unpaired) electrons. The summed E-state index contributed by atoms with van der Waals surface area (Å²) < 4.78 is 74.6. The Morgan fingerprint density at radius 1 is 1.03 bits per heavy atom. The van der Waals surface area contributed by atoms with Gasteiger partial charge in [0, 0.05) is 23.4 Å². The minimum atomic E-state index is -3.89. The number of hydrogen-bond donors (Lipinski definition) is 1. The average molecular weight is 588 g/mol. The van der Waals surface area contributed by atoms with Gasteiger partial charge in [0.2, 0.25) is 0 Å². The van der Waals surface area contributed by atoms with Gasteiger partial charge in [-0.05, 0) is 73.9 Å². The molecule has 4 atom stereocenters. The number of carbonyl (C=O) groups excluding carboxylic acids is 1. The minimum absolute atomic E-state index is 0.00702. The van der Waals surface area contributed by atoms with Crippen molar-refractivity contribution in [1.82, 2.24) is 0 Å². The summed E-state index contributed by atoms with van der Waals surface area (Å²) in [6.45, 7) is 11.0. The van der Waals surface area contributed by atoms with E-state index < -0.39 is 46.8 Å². The van der Waals surface area contributed by atoms with E-state index in [9.17, 15) is 26.4 Å². The number of sulfone groups is 1. The first-order valence-corrected chi connectivity index (χ1v) is 17.5. The Morgan fingerprint density at radius 3 is 2.11 bits per heavy atom. The van der Waals surface area contributed by atoms with E-state index in [4.69, 9.17) is 16.0 Å². The summed E-state index contributed by atoms with van der Waals surface area (Å²) in [7, 11) is -5.91. The molecule has 2 fully saturated rings. The molecule has 0 spiro atoms. The maximum atomic E-state index is 13.7. The van der Waals surface area contributed by atoms with Crippen LogP contribution in [0.25, 0.3) is 0 Å². The van der Waals surface area contributed by atoms with Crippen LogP contribution in [0.2, 0.25) is 23.2 Å². The zero-order valence-corrected chi connectivity index (χ0v) is 24.7. The van der Waals surface area contributed by atoms with E-state index in [2.05, 4.69) is 39.2 Å². The van der Waals surface area contributed by atoms with Gasteiger partial charge in [0.05, 0.1) is 21.3 Å². The van der Waals surface area contributed by atoms with E-state index in [1.165, 1.54) is 18.2 Å². The zero-order valence-electron chi connectivity index (χ0n) is 22.1. The van der Waals surface area contributed by atoms with Crippen LogP contribution in [0.15, 0.2) is 35.2 Å². The number of nitrogens with one attached hydrogen (secondary N) is 1. The predicted octanol–water partition coefficient (Wildman–Crippen LogP) is 7.36. The number of rotatable bonds is 6. The van der Waals surface area contributed by atoms with Crippen LogP contribution >= 0.6 is 11.6 Å². The van der Waals surface area contributed by atoms with Gasteiger partial charge in [-0.3, -0.25) is 4.79 Å². The fourth-order valence-corrected chi connectivity index (χ4v) is 9.10. The van der Waals surface area contributed by atoms with Crippen LogP contribution in [0.5, 0.6) is 0 Å². The second-order valence-electron chi connectivity index (χ2n) is 11.9. The molecule has 0 aliphatic heterocycles. The number of benzene rings is 2. The normalized spacial score (nSPS) is 23.9. The first-order chi connectivity index (χ1) is 17.5. The maximum absolute atomic E-state index is 13.7. The van der Waals surface area contributed by atoms with Crippen LogP contribution in [0.3, 0.4) is 0 Å². The maximum Gasteiger partial charge on any atom is 0.255 e. The Hall–Kier alpha value is -1.88. The van der Waals surface area contributed by atoms with Crippen LogP contribution in [-0.4, -0.2) is 34.0 Å². The van der Waals surface area contributed by atoms with Crippen LogP contribution < -0.4 is 5.32 Å². The van der Waals surface area contributed by atoms with Crippen molar-refractivity contribution in [3.8, 4) is 0 Å². The van der Waals surface area contributed by atoms with Crippen molar-refractivity contribution in [3.63, 3.8) is 0 Å². The molecule has 2 saturated carbocycles. The Kier molecular flexibility index (Phi) is 7.86. The lowest BCUT2D eigenvalue weighted by Crippen LogP contribution is -2.49. The Labute approximate surface area is 228 Å². The van der Waals surface area contributed by atoms with Crippen molar-refractivity contribution in [1.29, 1.82) is 0 Å². The van der Waals surface area contributed by atoms with E-state index in [1.807, 2.05) is 0 Å². The molecule has 2 aromatic carbocycles. The van der Waals surface area contributed by atoms with Crippen LogP contribution in [0.4, 0.5) is 18.9 Å². The zero-order chi connectivity index (χ0) is 28.2. The van der Waals surface area contributed by atoms with Crippen molar-refractivity contribution in [2.75, 3.05) is 5.32 Å². The molecule has 2 bridgehead atoms. The summed E-state index contributed by atoms with van der Waals surface area (Å²) in [4.78, 5) is 12.6. The van der Waals surface area contributed by atoms with Gasteiger partial charge in [0.15, 0.2) is 35.6 Å². The molecular weight excluding hydrogens is 555 g/mol. The molecule has 208 valence electrons. The smallest absolute Gasteiger partial charge is 0.255 e. The van der Waals surface area contributed by atoms with Crippen molar-refractivity contribution < 1.29 is 30.8 Å². The van der Waals surface area contributed by atoms with E-state index >= 15 is 0 Å². The average Bonchev–Trinajstić information content (AvgIpc) is 3.02. The molecular formula is C27H33ClF3NO4SSi. The lowest BCUT2D eigenvalue weighted by atomic mass is 9.86. The summed E-state index contributed by atoms with van der Waals surface area (Å²) in [6.07, 6.45) is 2.79. The first-order valence-electron chi connectivity index (χ1n) is 12.7. The monoisotopic (exact) mass is 587 g/mol. The molecule has 4 rings (SSSR count). The number of fused-ring (bicyclic) bond motifs is 2. The second kappa shape index (κ2) is 10.3. The predicted molar refractivity (Wildman–Crippen MR) is 144 cm³/mol. The summed E-state index contributed by atoms with van der Waals surface area (Å²) in [5.74, 6) is -5.10. The summed E-state index contributed by atoms with van der Waals surface area (Å²) >= 11 is 6.31. The van der Waals surface area contributed by atoms with Gasteiger partial charge in [0.1, 0.15) is 0 Å². The van der Waals surface area contributed by atoms with Gasteiger partial charge >= 0.3 is 0 Å². The summed E-state index contributed by atoms with van der Waals surface area (Å²) in [5, 5.41) is 1.66. The fourth-order valence-electron chi connectivity index (χ4n) is 5.25. The molecule has 0 heterocycles. The Bertz CT molecular complexity index is 1330. The molecule has 2 aliphatic rings. The Morgan fingerprint density at radius 2 is 1.58 bits per heavy atom. The molecule has 38 heavy (non-hydrogen) atoms. The molecule has 0 aromatic heterocycles. The van der Waals surface area contributed by atoms with Crippen molar-refractivity contribution >= 4 is 41.4 Å². The van der Waals surface area contributed by atoms with Crippen LogP contribution in [0, 0.1) is 29.3 Å². The van der Waals surface area contributed by atoms with Gasteiger partial charge < -0.3 is 9.74 Å². The lowest BCUT2D eigenvalue weighted by Gasteiger charge is -2.44. The van der Waals surface area contributed by atoms with Gasteiger partial charge in [-0.1, -0.05) is 32.4 Å². The third-order valence-electron chi connectivity index (χ3n) is 8.39. The molecule has 2 aliphatic carbocycles. The highest BCUT2D eigenvalue weighted by Crippen LogP contribution is 2.50. The highest BCUT2D eigenvalue weighted by molar-refractivity contribution is 7.92. The SMILES string of the molecule is CC(C)(C)[Si](C)(C)O[C@@H]1C2CC[C@H]1C[C@H](S(=O)(=O)c1cc(C(=O)Nc3cc(F)c(F)c(F)c3)ccc1Cl)C2. The minimum Gasteiger partial charge on any atom is -0.413 e. The lowest BCUT2D eigenvalue weighted by molar-refractivity contribution is 0.0713. The molecule has 0 saturated heterocycles. The van der Waals surface area contributed by atoms with Gasteiger partial charge in [-0.15, -0.1) is 0 Å². The number of anilines is 1. The second-order valence-corrected chi connectivity index (χ2v) is 19.3. The van der Waals surface area contributed by atoms with Crippen molar-refractivity contribution in [2.45, 2.75) is 80.8 Å². The standard InChI is InChI=1S/C27H33ClF3NO4SSi/c1-27(2,3)38(4,5)36-25-15-6-7-16(25)11-19(10-15)37(34,35)23-12-17(8-9-20(23)28)26(33)32-18-13-21(29)24(31)22(30)14-18/h8-9,12-16,19,25H,6-7,10-11H2,1-5H3,(H,32,33)/t15-,16?,19-,25-/m0/s1. The molecule has 1 amide bonds. The fraction of sp³-hybridized carbons (Fsp3) is 0.519. The van der Waals surface area contributed by atoms with E-state index in [0.717, 1.165) is 12.8 Å². The van der Waals surface area contributed by atoms with Crippen LogP contribution in [0.1, 0.15) is 56.8 Å². The number of hydrogen-bond acceptors (Lipinski definition) is 4. The number of amides is 1. The van der Waals surface area contributed by atoms with Crippen molar-refractivity contribution in [3.05, 3.63) is 58.4 Å². The summed E-state index contributed by atoms with van der Waals surface area (Å²) in [6, 6.07) is 5.11. The van der Waals surface area contributed by atoms with E-state index in [0.29, 0.717) is 25.0 Å². The summed E-state index contributed by atoms with van der Waals surface area (Å²) in [5.41, 5.74) is -0.363. The van der Waals surface area contributed by atoms with E-state index in [1.54, 1.807) is 0 Å². The van der Waals surface area contributed by atoms with Gasteiger partial charge in [-0.2, -0.15) is 0 Å². The quantitative estimate of drug-likeness (QED) is 0.283. The van der Waals surface area contributed by atoms with Gasteiger partial charge in [-0.25, -0.2) is 21.6 Å². The number of carbonyl (C=O) groups is 1. The van der Waals surface area contributed by atoms with Crippen LogP contribution in [-0.2, 0) is 14.3 Å². The molecule has 5 nitrogen and oxygen atoms in total. The van der Waals surface area contributed by atoms with Gasteiger partial charge in [0.25, 0.3) is 5.91 Å².